The van der Waals surface area contributed by atoms with Gasteiger partial charge >= 0.3 is 0 Å². The highest BCUT2D eigenvalue weighted by molar-refractivity contribution is 7.89. The molecule has 0 N–H and O–H groups in total. The first-order valence-electron chi connectivity index (χ1n) is 11.7. The average molecular weight is 480 g/mol. The second kappa shape index (κ2) is 6.66. The summed E-state index contributed by atoms with van der Waals surface area (Å²) in [6.45, 7) is 8.23. The Hall–Kier alpha value is -2.32. The van der Waals surface area contributed by atoms with Crippen molar-refractivity contribution in [2.24, 2.45) is 10.8 Å². The molecular formula is C27H29NO5S. The van der Waals surface area contributed by atoms with Crippen LogP contribution in [0.25, 0.3) is 0 Å². The normalized spacial score (nSPS) is 34.4. The lowest BCUT2D eigenvalue weighted by molar-refractivity contribution is -0.458. The number of carbonyl (C=O) groups is 1. The monoisotopic (exact) mass is 479 g/mol. The Kier molecular flexibility index (Phi) is 4.34. The SMILES string of the molecule is Cc1ccc(S(=O)(=O)N2CC3=C(C2)[C@@]24CC(C)(C)C(=O)[C@]2(C)C[C@]3(c2ccccc2)OO4)cc1. The van der Waals surface area contributed by atoms with Crippen LogP contribution >= 0.6 is 0 Å². The van der Waals surface area contributed by atoms with Crippen LogP contribution in [-0.4, -0.2) is 37.2 Å². The highest BCUT2D eigenvalue weighted by atomic mass is 32.2. The van der Waals surface area contributed by atoms with E-state index in [0.717, 1.165) is 22.3 Å². The number of carbonyl (C=O) groups excluding carboxylic acids is 1. The highest BCUT2D eigenvalue weighted by Crippen LogP contribution is 2.71. The van der Waals surface area contributed by atoms with E-state index in [1.54, 1.807) is 12.1 Å². The molecule has 3 atom stereocenters. The molecule has 3 aliphatic heterocycles. The van der Waals surface area contributed by atoms with E-state index in [1.165, 1.54) is 4.31 Å². The van der Waals surface area contributed by atoms with Crippen LogP contribution in [0.5, 0.6) is 0 Å². The lowest BCUT2D eigenvalue weighted by atomic mass is 9.56. The summed E-state index contributed by atoms with van der Waals surface area (Å²) in [4.78, 5) is 26.5. The van der Waals surface area contributed by atoms with Gasteiger partial charge in [-0.2, -0.15) is 4.31 Å². The van der Waals surface area contributed by atoms with Crippen LogP contribution in [0.1, 0.15) is 44.7 Å². The van der Waals surface area contributed by atoms with Gasteiger partial charge < -0.3 is 0 Å². The topological polar surface area (TPSA) is 72.9 Å². The van der Waals surface area contributed by atoms with E-state index in [0.29, 0.717) is 12.8 Å². The molecule has 2 aromatic rings. The molecule has 0 amide bonds. The van der Waals surface area contributed by atoms with E-state index in [4.69, 9.17) is 9.78 Å². The van der Waals surface area contributed by atoms with Crippen LogP contribution < -0.4 is 0 Å². The molecule has 1 saturated heterocycles. The van der Waals surface area contributed by atoms with E-state index in [2.05, 4.69) is 0 Å². The minimum Gasteiger partial charge on any atom is -0.298 e. The molecule has 1 saturated carbocycles. The van der Waals surface area contributed by atoms with Crippen LogP contribution in [0.4, 0.5) is 0 Å². The molecule has 0 unspecified atom stereocenters. The van der Waals surface area contributed by atoms with Crippen molar-refractivity contribution in [2.75, 3.05) is 13.1 Å². The Labute approximate surface area is 200 Å². The predicted octanol–water partition coefficient (Wildman–Crippen LogP) is 4.30. The van der Waals surface area contributed by atoms with E-state index in [9.17, 15) is 13.2 Å². The van der Waals surface area contributed by atoms with Gasteiger partial charge in [-0.15, -0.1) is 0 Å². The summed E-state index contributed by atoms with van der Waals surface area (Å²) in [6, 6.07) is 16.7. The lowest BCUT2D eigenvalue weighted by Crippen LogP contribution is -2.63. The van der Waals surface area contributed by atoms with E-state index < -0.39 is 32.1 Å². The molecule has 2 fully saturated rings. The van der Waals surface area contributed by atoms with Gasteiger partial charge in [-0.1, -0.05) is 61.9 Å². The van der Waals surface area contributed by atoms with Crippen LogP contribution in [-0.2, 0) is 30.2 Å². The van der Waals surface area contributed by atoms with Gasteiger partial charge in [0.05, 0.1) is 10.3 Å². The number of fused-ring (bicyclic) bond motifs is 1. The Morgan fingerprint density at radius 2 is 1.50 bits per heavy atom. The van der Waals surface area contributed by atoms with Crippen molar-refractivity contribution in [3.63, 3.8) is 0 Å². The molecule has 0 aromatic heterocycles. The molecule has 2 aliphatic carbocycles. The summed E-state index contributed by atoms with van der Waals surface area (Å²) in [6.07, 6.45) is 0.904. The van der Waals surface area contributed by atoms with Gasteiger partial charge in [-0.05, 0) is 49.1 Å². The molecule has 6 nitrogen and oxygen atoms in total. The second-order valence-corrected chi connectivity index (χ2v) is 13.1. The van der Waals surface area contributed by atoms with Gasteiger partial charge in [0.1, 0.15) is 11.4 Å². The summed E-state index contributed by atoms with van der Waals surface area (Å²) in [5.74, 6) is 0.148. The maximum atomic E-state index is 13.8. The Bertz CT molecular complexity index is 1350. The third-order valence-electron chi connectivity index (χ3n) is 8.53. The summed E-state index contributed by atoms with van der Waals surface area (Å²) in [5, 5.41) is 0. The van der Waals surface area contributed by atoms with Gasteiger partial charge in [0, 0.05) is 24.9 Å². The third-order valence-corrected chi connectivity index (χ3v) is 10.3. The van der Waals surface area contributed by atoms with Gasteiger partial charge in [-0.3, -0.25) is 4.79 Å². The second-order valence-electron chi connectivity index (χ2n) is 11.1. The van der Waals surface area contributed by atoms with Crippen molar-refractivity contribution >= 4 is 15.8 Å². The molecule has 178 valence electrons. The zero-order valence-corrected chi connectivity index (χ0v) is 20.7. The largest absolute Gasteiger partial charge is 0.298 e. The predicted molar refractivity (Wildman–Crippen MR) is 126 cm³/mol. The Morgan fingerprint density at radius 3 is 2.18 bits per heavy atom. The number of nitrogens with zero attached hydrogens (tertiary/aromatic N) is 1. The molecule has 7 heteroatoms. The zero-order valence-electron chi connectivity index (χ0n) is 19.9. The van der Waals surface area contributed by atoms with Crippen molar-refractivity contribution in [1.29, 1.82) is 0 Å². The van der Waals surface area contributed by atoms with Crippen LogP contribution in [0.2, 0.25) is 0 Å². The number of rotatable bonds is 3. The molecule has 3 heterocycles. The Balaban J connectivity index is 1.52. The van der Waals surface area contributed by atoms with Crippen LogP contribution in [0.15, 0.2) is 70.6 Å². The molecule has 0 radical (unpaired) electrons. The molecule has 2 aromatic carbocycles. The van der Waals surface area contributed by atoms with E-state index >= 15 is 0 Å². The third kappa shape index (κ3) is 2.56. The maximum Gasteiger partial charge on any atom is 0.243 e. The van der Waals surface area contributed by atoms with Crippen molar-refractivity contribution in [1.82, 2.24) is 4.31 Å². The minimum atomic E-state index is -3.74. The fourth-order valence-corrected chi connectivity index (χ4v) is 8.27. The fraction of sp³-hybridized carbons (Fsp3) is 0.444. The van der Waals surface area contributed by atoms with Gasteiger partial charge in [-0.25, -0.2) is 18.2 Å². The number of ketones is 1. The number of benzene rings is 2. The summed E-state index contributed by atoms with van der Waals surface area (Å²) >= 11 is 0. The average Bonchev–Trinajstić information content (AvgIpc) is 3.34. The van der Waals surface area contributed by atoms with Crippen molar-refractivity contribution in [3.05, 3.63) is 76.9 Å². The number of hydrogen-bond donors (Lipinski definition) is 0. The minimum absolute atomic E-state index is 0.148. The molecule has 1 spiro atoms. The lowest BCUT2D eigenvalue weighted by Gasteiger charge is -2.57. The first-order chi connectivity index (χ1) is 16.0. The van der Waals surface area contributed by atoms with E-state index in [1.807, 2.05) is 70.2 Å². The number of sulfonamides is 1. The smallest absolute Gasteiger partial charge is 0.243 e. The number of hydrogen-bond acceptors (Lipinski definition) is 5. The van der Waals surface area contributed by atoms with Crippen molar-refractivity contribution in [3.8, 4) is 0 Å². The van der Waals surface area contributed by atoms with Crippen LogP contribution in [0, 0.1) is 17.8 Å². The summed E-state index contributed by atoms with van der Waals surface area (Å²) in [5.41, 5.74) is 0.321. The highest BCUT2D eigenvalue weighted by Gasteiger charge is 2.77. The molecule has 34 heavy (non-hydrogen) atoms. The maximum absolute atomic E-state index is 13.8. The zero-order chi connectivity index (χ0) is 24.1. The first kappa shape index (κ1) is 22.2. The molecule has 5 aliphatic rings. The molecular weight excluding hydrogens is 450 g/mol. The first-order valence-corrected chi connectivity index (χ1v) is 13.2. The summed E-state index contributed by atoms with van der Waals surface area (Å²) in [7, 11) is -3.74. The Morgan fingerprint density at radius 1 is 0.853 bits per heavy atom. The molecule has 2 bridgehead atoms. The molecule has 7 rings (SSSR count). The summed E-state index contributed by atoms with van der Waals surface area (Å²) < 4.78 is 28.9. The standard InChI is InChI=1S/C27H29NO5S/c1-18-10-12-20(13-11-18)34(30,31)28-14-21-22(15-28)27-16-24(2,3)23(29)25(27,4)17-26(21,32-33-27)19-8-6-5-7-9-19/h5-13H,14-17H2,1-4H3/t25-,26+,27-/m0/s1. The quantitative estimate of drug-likeness (QED) is 0.485. The van der Waals surface area contributed by atoms with Gasteiger partial charge in [0.2, 0.25) is 10.0 Å². The fourth-order valence-electron chi connectivity index (χ4n) is 6.89. The van der Waals surface area contributed by atoms with E-state index in [-0.39, 0.29) is 23.8 Å². The van der Waals surface area contributed by atoms with Crippen LogP contribution in [0.3, 0.4) is 0 Å². The van der Waals surface area contributed by atoms with Crippen molar-refractivity contribution < 1.29 is 23.0 Å². The number of aryl methyl sites for hydroxylation is 1. The number of Topliss-reactive ketones (excluding diaryl/α,β-unsaturated/α-hetero) is 1. The van der Waals surface area contributed by atoms with Gasteiger partial charge in [0.15, 0.2) is 5.60 Å². The van der Waals surface area contributed by atoms with Gasteiger partial charge in [0.25, 0.3) is 0 Å². The van der Waals surface area contributed by atoms with Crippen molar-refractivity contribution in [2.45, 2.75) is 56.6 Å².